The maximum absolute atomic E-state index is 12.4. The number of hydrogen-bond acceptors (Lipinski definition) is 3. The summed E-state index contributed by atoms with van der Waals surface area (Å²) in [5.41, 5.74) is 3.96. The Morgan fingerprint density at radius 1 is 1.09 bits per heavy atom. The Morgan fingerprint density at radius 3 is 2.59 bits per heavy atom. The van der Waals surface area contributed by atoms with Crippen LogP contribution in [-0.2, 0) is 16.6 Å². The van der Waals surface area contributed by atoms with Gasteiger partial charge in [0.25, 0.3) is 0 Å². The lowest BCUT2D eigenvalue weighted by atomic mass is 10.1. The van der Waals surface area contributed by atoms with Crippen molar-refractivity contribution in [2.24, 2.45) is 0 Å². The highest BCUT2D eigenvalue weighted by Crippen LogP contribution is 2.31. The molecule has 3 rings (SSSR count). The van der Waals surface area contributed by atoms with E-state index in [4.69, 9.17) is 0 Å². The van der Waals surface area contributed by atoms with Gasteiger partial charge in [-0.15, -0.1) is 0 Å². The van der Waals surface area contributed by atoms with Gasteiger partial charge in [0.2, 0.25) is 10.0 Å². The first kappa shape index (κ1) is 16.0. The third-order valence-electron chi connectivity index (χ3n) is 4.75. The van der Waals surface area contributed by atoms with Gasteiger partial charge in [0.05, 0.1) is 5.25 Å². The van der Waals surface area contributed by atoms with Crippen molar-refractivity contribution in [3.8, 4) is 0 Å². The van der Waals surface area contributed by atoms with Crippen LogP contribution in [0.2, 0.25) is 0 Å². The fourth-order valence-electron chi connectivity index (χ4n) is 3.15. The molecule has 122 valence electrons. The van der Waals surface area contributed by atoms with Crippen molar-refractivity contribution >= 4 is 10.0 Å². The van der Waals surface area contributed by atoms with Crippen molar-refractivity contribution in [3.63, 3.8) is 0 Å². The van der Waals surface area contributed by atoms with Crippen LogP contribution in [0.5, 0.6) is 0 Å². The molecule has 1 saturated heterocycles. The number of hydrogen-bond donors (Lipinski definition) is 0. The predicted molar refractivity (Wildman–Crippen MR) is 89.3 cm³/mol. The molecule has 0 atom stereocenters. The minimum Gasteiger partial charge on any atom is -0.298 e. The van der Waals surface area contributed by atoms with Crippen LogP contribution in [0.15, 0.2) is 18.2 Å². The molecule has 1 aliphatic heterocycles. The van der Waals surface area contributed by atoms with Crippen LogP contribution < -0.4 is 0 Å². The summed E-state index contributed by atoms with van der Waals surface area (Å²) in [6.07, 6.45) is 2.63. The van der Waals surface area contributed by atoms with E-state index in [-0.39, 0.29) is 5.25 Å². The fraction of sp³-hybridized carbons (Fsp3) is 0.647. The zero-order valence-electron chi connectivity index (χ0n) is 13.6. The quantitative estimate of drug-likeness (QED) is 0.854. The summed E-state index contributed by atoms with van der Waals surface area (Å²) in [7, 11) is -3.02. The molecular formula is C17H26N2O2S. The number of nitrogens with zero attached hydrogens (tertiary/aromatic N) is 2. The van der Waals surface area contributed by atoms with Crippen molar-refractivity contribution in [1.29, 1.82) is 0 Å². The first-order valence-corrected chi connectivity index (χ1v) is 9.74. The third kappa shape index (κ3) is 3.53. The van der Waals surface area contributed by atoms with Gasteiger partial charge >= 0.3 is 0 Å². The van der Waals surface area contributed by atoms with Gasteiger partial charge in [-0.2, -0.15) is 0 Å². The molecule has 0 radical (unpaired) electrons. The van der Waals surface area contributed by atoms with E-state index in [1.807, 2.05) is 0 Å². The fourth-order valence-corrected chi connectivity index (χ4v) is 5.02. The summed E-state index contributed by atoms with van der Waals surface area (Å²) >= 11 is 0. The van der Waals surface area contributed by atoms with Crippen LogP contribution in [0.25, 0.3) is 0 Å². The summed E-state index contributed by atoms with van der Waals surface area (Å²) in [6.45, 7) is 8.33. The molecule has 0 amide bonds. The molecule has 0 bridgehead atoms. The Morgan fingerprint density at radius 2 is 1.86 bits per heavy atom. The number of sulfonamides is 1. The molecule has 1 heterocycles. The summed E-state index contributed by atoms with van der Waals surface area (Å²) in [5, 5.41) is -0.0851. The average molecular weight is 322 g/mol. The Hall–Kier alpha value is -0.910. The van der Waals surface area contributed by atoms with E-state index in [9.17, 15) is 8.42 Å². The van der Waals surface area contributed by atoms with Crippen molar-refractivity contribution in [2.75, 3.05) is 26.2 Å². The van der Waals surface area contributed by atoms with Gasteiger partial charge in [-0.25, -0.2) is 12.7 Å². The second-order valence-corrected chi connectivity index (χ2v) is 8.92. The Kier molecular flexibility index (Phi) is 4.57. The van der Waals surface area contributed by atoms with Gasteiger partial charge in [-0.3, -0.25) is 4.90 Å². The summed E-state index contributed by atoms with van der Waals surface area (Å²) < 4.78 is 26.5. The molecule has 1 aromatic rings. The molecule has 1 saturated carbocycles. The van der Waals surface area contributed by atoms with E-state index in [2.05, 4.69) is 36.9 Å². The molecule has 5 heteroatoms. The molecule has 1 aliphatic carbocycles. The summed E-state index contributed by atoms with van der Waals surface area (Å²) in [4.78, 5) is 2.39. The lowest BCUT2D eigenvalue weighted by Crippen LogP contribution is -2.37. The van der Waals surface area contributed by atoms with Crippen LogP contribution in [-0.4, -0.2) is 49.1 Å². The van der Waals surface area contributed by atoms with Crippen LogP contribution in [0, 0.1) is 13.8 Å². The van der Waals surface area contributed by atoms with E-state index in [0.29, 0.717) is 13.1 Å². The second-order valence-electron chi connectivity index (χ2n) is 6.70. The van der Waals surface area contributed by atoms with Crippen molar-refractivity contribution in [2.45, 2.75) is 44.9 Å². The molecule has 0 N–H and O–H groups in total. The SMILES string of the molecule is Cc1ccc(C)c(CN2CCCN(S(=O)(=O)C3CC3)CC2)c1. The first-order valence-electron chi connectivity index (χ1n) is 8.24. The molecule has 2 aliphatic rings. The van der Waals surface area contributed by atoms with E-state index in [1.54, 1.807) is 4.31 Å². The van der Waals surface area contributed by atoms with Crippen LogP contribution in [0.4, 0.5) is 0 Å². The normalized spacial score (nSPS) is 21.7. The van der Waals surface area contributed by atoms with Gasteiger partial charge in [0, 0.05) is 26.2 Å². The van der Waals surface area contributed by atoms with Gasteiger partial charge in [0.15, 0.2) is 0 Å². The van der Waals surface area contributed by atoms with E-state index < -0.39 is 10.0 Å². The zero-order valence-corrected chi connectivity index (χ0v) is 14.4. The molecule has 0 aromatic heterocycles. The highest BCUT2D eigenvalue weighted by molar-refractivity contribution is 7.90. The van der Waals surface area contributed by atoms with Crippen molar-refractivity contribution < 1.29 is 8.42 Å². The van der Waals surface area contributed by atoms with Gasteiger partial charge < -0.3 is 0 Å². The maximum atomic E-state index is 12.4. The number of rotatable bonds is 4. The molecule has 0 spiro atoms. The highest BCUT2D eigenvalue weighted by atomic mass is 32.2. The first-order chi connectivity index (χ1) is 10.5. The minimum atomic E-state index is -3.02. The molecule has 22 heavy (non-hydrogen) atoms. The Labute approximate surface area is 134 Å². The lowest BCUT2D eigenvalue weighted by Gasteiger charge is -2.22. The molecule has 1 aromatic carbocycles. The third-order valence-corrected chi connectivity index (χ3v) is 7.15. The average Bonchev–Trinajstić information content (AvgIpc) is 3.29. The van der Waals surface area contributed by atoms with Gasteiger partial charge in [-0.1, -0.05) is 23.8 Å². The maximum Gasteiger partial charge on any atom is 0.217 e. The molecular weight excluding hydrogens is 296 g/mol. The van der Waals surface area contributed by atoms with E-state index in [1.165, 1.54) is 16.7 Å². The van der Waals surface area contributed by atoms with Crippen molar-refractivity contribution in [3.05, 3.63) is 34.9 Å². The second kappa shape index (κ2) is 6.30. The molecule has 0 unspecified atom stereocenters. The van der Waals surface area contributed by atoms with E-state index in [0.717, 1.165) is 38.9 Å². The van der Waals surface area contributed by atoms with E-state index >= 15 is 0 Å². The van der Waals surface area contributed by atoms with Crippen LogP contribution in [0.1, 0.15) is 36.0 Å². The topological polar surface area (TPSA) is 40.6 Å². The lowest BCUT2D eigenvalue weighted by molar-refractivity contribution is 0.278. The number of benzene rings is 1. The monoisotopic (exact) mass is 322 g/mol. The summed E-state index contributed by atoms with van der Waals surface area (Å²) in [5.74, 6) is 0. The number of aryl methyl sites for hydroxylation is 2. The summed E-state index contributed by atoms with van der Waals surface area (Å²) in [6, 6.07) is 6.57. The Balaban J connectivity index is 1.64. The molecule has 2 fully saturated rings. The Bertz CT molecular complexity index is 638. The van der Waals surface area contributed by atoms with Crippen LogP contribution in [0.3, 0.4) is 0 Å². The highest BCUT2D eigenvalue weighted by Gasteiger charge is 2.40. The molecule has 4 nitrogen and oxygen atoms in total. The van der Waals surface area contributed by atoms with Crippen LogP contribution >= 0.6 is 0 Å². The van der Waals surface area contributed by atoms with Crippen molar-refractivity contribution in [1.82, 2.24) is 9.21 Å². The van der Waals surface area contributed by atoms with Gasteiger partial charge in [-0.05, 0) is 50.8 Å². The minimum absolute atomic E-state index is 0.0851. The zero-order chi connectivity index (χ0) is 15.7. The largest absolute Gasteiger partial charge is 0.298 e. The predicted octanol–water partition coefficient (Wildman–Crippen LogP) is 2.30. The smallest absolute Gasteiger partial charge is 0.217 e. The van der Waals surface area contributed by atoms with Gasteiger partial charge in [0.1, 0.15) is 0 Å². The standard InChI is InChI=1S/C17H26N2O2S/c1-14-4-5-15(2)16(12-14)13-18-8-3-9-19(11-10-18)22(20,21)17-6-7-17/h4-5,12,17H,3,6-11,13H2,1-2H3.